The third kappa shape index (κ3) is 4.27. The monoisotopic (exact) mass is 237 g/mol. The van der Waals surface area contributed by atoms with E-state index in [9.17, 15) is 14.4 Å². The minimum absolute atomic E-state index is 0.0338. The fourth-order valence-electron chi connectivity index (χ4n) is 0.992. The first-order valence-electron chi connectivity index (χ1n) is 4.62. The molecule has 0 radical (unpaired) electrons. The van der Waals surface area contributed by atoms with Crippen LogP contribution in [0.5, 0.6) is 0 Å². The Hall–Kier alpha value is -1.62. The van der Waals surface area contributed by atoms with Crippen LogP contribution in [0.4, 0.5) is 0 Å². The van der Waals surface area contributed by atoms with Gasteiger partial charge in [-0.15, -0.1) is 0 Å². The maximum atomic E-state index is 11.5. The number of imide groups is 1. The van der Waals surface area contributed by atoms with Gasteiger partial charge < -0.3 is 0 Å². The molecule has 16 heavy (non-hydrogen) atoms. The predicted molar refractivity (Wildman–Crippen MR) is 62.1 cm³/mol. The molecule has 0 heterocycles. The van der Waals surface area contributed by atoms with Crippen LogP contribution in [0.15, 0.2) is 30.3 Å². The number of benzene rings is 1. The SMILES string of the molecule is CC(=O)SCC(=O)NC(=O)c1ccccc1. The zero-order valence-electron chi connectivity index (χ0n) is 8.73. The summed E-state index contributed by atoms with van der Waals surface area (Å²) in [6, 6.07) is 8.43. The summed E-state index contributed by atoms with van der Waals surface area (Å²) in [5.74, 6) is -0.947. The van der Waals surface area contributed by atoms with Crippen LogP contribution in [-0.4, -0.2) is 22.7 Å². The summed E-state index contributed by atoms with van der Waals surface area (Å²) in [6.45, 7) is 1.37. The van der Waals surface area contributed by atoms with E-state index in [4.69, 9.17) is 0 Å². The molecule has 0 atom stereocenters. The van der Waals surface area contributed by atoms with Gasteiger partial charge in [0.05, 0.1) is 5.75 Å². The molecule has 4 nitrogen and oxygen atoms in total. The summed E-state index contributed by atoms with van der Waals surface area (Å²) < 4.78 is 0. The number of carbonyl (C=O) groups excluding carboxylic acids is 3. The van der Waals surface area contributed by atoms with Crippen LogP contribution < -0.4 is 5.32 Å². The van der Waals surface area contributed by atoms with Crippen molar-refractivity contribution < 1.29 is 14.4 Å². The van der Waals surface area contributed by atoms with Gasteiger partial charge >= 0.3 is 0 Å². The molecule has 0 unspecified atom stereocenters. The molecular formula is C11H11NO3S. The highest BCUT2D eigenvalue weighted by Crippen LogP contribution is 2.01. The lowest BCUT2D eigenvalue weighted by atomic mass is 10.2. The second-order valence-electron chi connectivity index (χ2n) is 3.02. The molecule has 0 aliphatic rings. The zero-order chi connectivity index (χ0) is 12.0. The Morgan fingerprint density at radius 1 is 1.19 bits per heavy atom. The lowest BCUT2D eigenvalue weighted by Crippen LogP contribution is -2.32. The molecule has 1 N–H and O–H groups in total. The Morgan fingerprint density at radius 3 is 2.38 bits per heavy atom. The molecule has 1 aromatic carbocycles. The zero-order valence-corrected chi connectivity index (χ0v) is 9.54. The minimum Gasteiger partial charge on any atom is -0.292 e. The van der Waals surface area contributed by atoms with Gasteiger partial charge in [-0.1, -0.05) is 30.0 Å². The second-order valence-corrected chi connectivity index (χ2v) is 4.18. The number of thioether (sulfide) groups is 1. The molecule has 0 saturated carbocycles. The Balaban J connectivity index is 2.46. The third-order valence-electron chi connectivity index (χ3n) is 1.70. The van der Waals surface area contributed by atoms with Gasteiger partial charge in [-0.3, -0.25) is 19.7 Å². The first-order valence-corrected chi connectivity index (χ1v) is 5.61. The summed E-state index contributed by atoms with van der Waals surface area (Å²) >= 11 is 0.873. The summed E-state index contributed by atoms with van der Waals surface area (Å²) in [6.07, 6.45) is 0. The van der Waals surface area contributed by atoms with Crippen molar-refractivity contribution in [1.29, 1.82) is 0 Å². The smallest absolute Gasteiger partial charge is 0.257 e. The number of amides is 2. The minimum atomic E-state index is -0.464. The molecule has 84 valence electrons. The topological polar surface area (TPSA) is 63.2 Å². The molecule has 2 amide bonds. The van der Waals surface area contributed by atoms with Crippen LogP contribution in [-0.2, 0) is 9.59 Å². The quantitative estimate of drug-likeness (QED) is 0.858. The van der Waals surface area contributed by atoms with Gasteiger partial charge in [0.1, 0.15) is 0 Å². The fraction of sp³-hybridized carbons (Fsp3) is 0.182. The van der Waals surface area contributed by atoms with E-state index in [1.807, 2.05) is 0 Å². The van der Waals surface area contributed by atoms with Crippen LogP contribution in [0.1, 0.15) is 17.3 Å². The average Bonchev–Trinajstić information content (AvgIpc) is 2.27. The lowest BCUT2D eigenvalue weighted by Gasteiger charge is -2.02. The summed E-state index contributed by atoms with van der Waals surface area (Å²) in [7, 11) is 0. The van der Waals surface area contributed by atoms with E-state index >= 15 is 0 Å². The summed E-state index contributed by atoms with van der Waals surface area (Å²) in [5.41, 5.74) is 0.420. The van der Waals surface area contributed by atoms with Crippen molar-refractivity contribution in [3.63, 3.8) is 0 Å². The van der Waals surface area contributed by atoms with Gasteiger partial charge in [0.2, 0.25) is 5.91 Å². The predicted octanol–water partition coefficient (Wildman–Crippen LogP) is 1.22. The average molecular weight is 237 g/mol. The van der Waals surface area contributed by atoms with Gasteiger partial charge in [0, 0.05) is 12.5 Å². The van der Waals surface area contributed by atoms with Crippen LogP contribution >= 0.6 is 11.8 Å². The molecule has 1 rings (SSSR count). The Morgan fingerprint density at radius 2 is 1.81 bits per heavy atom. The van der Waals surface area contributed by atoms with Crippen LogP contribution in [0.2, 0.25) is 0 Å². The van der Waals surface area contributed by atoms with E-state index in [1.165, 1.54) is 6.92 Å². The Bertz CT molecular complexity index is 403. The van der Waals surface area contributed by atoms with Crippen molar-refractivity contribution in [3.05, 3.63) is 35.9 Å². The Labute approximate surface area is 97.4 Å². The van der Waals surface area contributed by atoms with Gasteiger partial charge in [-0.2, -0.15) is 0 Å². The molecule has 0 aliphatic heterocycles. The van der Waals surface area contributed by atoms with Crippen molar-refractivity contribution in [2.45, 2.75) is 6.92 Å². The van der Waals surface area contributed by atoms with Gasteiger partial charge in [0.15, 0.2) is 5.12 Å². The highest BCUT2D eigenvalue weighted by Gasteiger charge is 2.10. The molecule has 0 saturated heterocycles. The number of carbonyl (C=O) groups is 3. The van der Waals surface area contributed by atoms with E-state index in [-0.39, 0.29) is 10.9 Å². The number of hydrogen-bond donors (Lipinski definition) is 1. The van der Waals surface area contributed by atoms with E-state index < -0.39 is 11.8 Å². The first-order chi connectivity index (χ1) is 7.59. The van der Waals surface area contributed by atoms with E-state index in [1.54, 1.807) is 30.3 Å². The highest BCUT2D eigenvalue weighted by molar-refractivity contribution is 8.14. The van der Waals surface area contributed by atoms with Gasteiger partial charge in [-0.25, -0.2) is 0 Å². The summed E-state index contributed by atoms with van der Waals surface area (Å²) in [4.78, 5) is 33.3. The molecule has 0 aromatic heterocycles. The van der Waals surface area contributed by atoms with Crippen molar-refractivity contribution in [2.24, 2.45) is 0 Å². The molecule has 5 heteroatoms. The molecular weight excluding hydrogens is 226 g/mol. The standard InChI is InChI=1S/C11H11NO3S/c1-8(13)16-7-10(14)12-11(15)9-5-3-2-4-6-9/h2-6H,7H2,1H3,(H,12,14,15). The molecule has 0 bridgehead atoms. The molecule has 0 aliphatic carbocycles. The third-order valence-corrected chi connectivity index (χ3v) is 2.51. The van der Waals surface area contributed by atoms with E-state index in [0.717, 1.165) is 11.8 Å². The van der Waals surface area contributed by atoms with Crippen molar-refractivity contribution in [3.8, 4) is 0 Å². The van der Waals surface area contributed by atoms with E-state index in [0.29, 0.717) is 5.56 Å². The van der Waals surface area contributed by atoms with Crippen molar-refractivity contribution >= 4 is 28.7 Å². The molecule has 1 aromatic rings. The number of nitrogens with one attached hydrogen (secondary N) is 1. The van der Waals surface area contributed by atoms with Crippen LogP contribution in [0, 0.1) is 0 Å². The van der Waals surface area contributed by atoms with Crippen molar-refractivity contribution in [1.82, 2.24) is 5.32 Å². The number of rotatable bonds is 3. The molecule has 0 fully saturated rings. The normalized spacial score (nSPS) is 9.56. The van der Waals surface area contributed by atoms with Gasteiger partial charge in [-0.05, 0) is 12.1 Å². The first kappa shape index (κ1) is 12.4. The highest BCUT2D eigenvalue weighted by atomic mass is 32.2. The van der Waals surface area contributed by atoms with E-state index in [2.05, 4.69) is 5.32 Å². The fourth-order valence-corrected chi connectivity index (χ4v) is 1.40. The van der Waals surface area contributed by atoms with Crippen LogP contribution in [0.3, 0.4) is 0 Å². The Kier molecular flexibility index (Phi) is 4.72. The van der Waals surface area contributed by atoms with Crippen molar-refractivity contribution in [2.75, 3.05) is 5.75 Å². The lowest BCUT2D eigenvalue weighted by molar-refractivity contribution is -0.118. The second kappa shape index (κ2) is 6.07. The van der Waals surface area contributed by atoms with Gasteiger partial charge in [0.25, 0.3) is 5.91 Å². The maximum Gasteiger partial charge on any atom is 0.257 e. The molecule has 0 spiro atoms. The van der Waals surface area contributed by atoms with Crippen LogP contribution in [0.25, 0.3) is 0 Å². The summed E-state index contributed by atoms with van der Waals surface area (Å²) in [5, 5.41) is 2.05. The maximum absolute atomic E-state index is 11.5. The number of hydrogen-bond acceptors (Lipinski definition) is 4. The largest absolute Gasteiger partial charge is 0.292 e.